The van der Waals surface area contributed by atoms with Gasteiger partial charge in [-0.05, 0) is 0 Å². The van der Waals surface area contributed by atoms with E-state index in [1.165, 1.54) is 0 Å². The van der Waals surface area contributed by atoms with Gasteiger partial charge in [0, 0.05) is 0 Å². The van der Waals surface area contributed by atoms with Crippen LogP contribution < -0.4 is 5.73 Å². The molecule has 0 aromatic carbocycles. The molecule has 2 heteroatoms. The van der Waals surface area contributed by atoms with Crippen molar-refractivity contribution in [2.45, 2.75) is 0 Å². The van der Waals surface area contributed by atoms with Crippen LogP contribution in [0.3, 0.4) is 0 Å². The fourth-order valence-corrected chi connectivity index (χ4v) is 0. The average Bonchev–Trinajstić information content (AvgIpc) is 1.00. The van der Waals surface area contributed by atoms with Crippen LogP contribution in [0.25, 0.3) is 0 Å². The van der Waals surface area contributed by atoms with E-state index in [0.29, 0.717) is 0 Å². The van der Waals surface area contributed by atoms with Crippen molar-refractivity contribution in [2.75, 3.05) is 0 Å². The molecule has 0 aromatic rings. The zero-order valence-electron chi connectivity index (χ0n) is 2.78. The van der Waals surface area contributed by atoms with Crippen molar-refractivity contribution in [3.63, 3.8) is 0 Å². The van der Waals surface area contributed by atoms with Gasteiger partial charge in [-0.15, -0.1) is 0 Å². The van der Waals surface area contributed by atoms with Gasteiger partial charge in [-0.2, -0.15) is 0 Å². The second-order valence-corrected chi connectivity index (χ2v) is 0. The quantitative estimate of drug-likeness (QED) is 0.631. The Hall–Kier alpha value is 1.01. The molecule has 0 aromatic heterocycles. The van der Waals surface area contributed by atoms with Gasteiger partial charge in [0.05, 0.1) is 0 Å². The summed E-state index contributed by atoms with van der Waals surface area (Å²) in [6, 6.07) is 0. The molecule has 2 N–H and O–H groups in total. The molecule has 0 aliphatic carbocycles. The molecule has 0 unspecified atom stereocenters. The zero-order valence-corrected chi connectivity index (χ0v) is 6.95. The summed E-state index contributed by atoms with van der Waals surface area (Å²) in [5.41, 5.74) is 4.25. The minimum Gasteiger partial charge on any atom is -0.486 e. The van der Waals surface area contributed by atoms with Gasteiger partial charge >= 0.3 is 31.1 Å². The summed E-state index contributed by atoms with van der Waals surface area (Å²) in [6.07, 6.45) is 0. The molecule has 0 fully saturated rings. The molecule has 0 bridgehead atoms. The van der Waals surface area contributed by atoms with E-state index in [0.717, 1.165) is 0 Å². The van der Waals surface area contributed by atoms with E-state index in [1.807, 2.05) is 0 Å². The third-order valence-corrected chi connectivity index (χ3v) is 0. The van der Waals surface area contributed by atoms with Gasteiger partial charge in [0.2, 0.25) is 0 Å². The molecule has 1 nitrogen and oxygen atoms in total. The van der Waals surface area contributed by atoms with Gasteiger partial charge < -0.3 is 13.2 Å². The minimum absolute atomic E-state index is 0. The third kappa shape index (κ3) is 11.9. The second-order valence-electron chi connectivity index (χ2n) is 0. The SMILES string of the molecule is [CH2-]N.[CH3-].[U+2]. The van der Waals surface area contributed by atoms with E-state index < -0.39 is 0 Å². The summed E-state index contributed by atoms with van der Waals surface area (Å²) in [6.45, 7) is 0. The molecular weight excluding hydrogens is 276 g/mol. The molecule has 0 radical (unpaired) electrons. The first kappa shape index (κ1) is 19.9. The Morgan fingerprint density at radius 3 is 1.25 bits per heavy atom. The fraction of sp³-hybridized carbons (Fsp3) is 0. The molecule has 0 aliphatic heterocycles. The van der Waals surface area contributed by atoms with Crippen molar-refractivity contribution >= 4 is 0 Å². The van der Waals surface area contributed by atoms with Crippen molar-refractivity contribution in [3.8, 4) is 0 Å². The standard InChI is InChI=1S/CH4N.CH3.U/c1-2;;/h1-2H2;1H3;/q2*-1;+2. The minimum atomic E-state index is 0. The van der Waals surface area contributed by atoms with Gasteiger partial charge in [0.25, 0.3) is 0 Å². The van der Waals surface area contributed by atoms with Gasteiger partial charge in [0.15, 0.2) is 0 Å². The van der Waals surface area contributed by atoms with Crippen LogP contribution in [0.15, 0.2) is 0 Å². The van der Waals surface area contributed by atoms with E-state index in [-0.39, 0.29) is 38.5 Å². The number of nitrogens with two attached hydrogens (primary N) is 1. The zero-order chi connectivity index (χ0) is 2.00. The van der Waals surface area contributed by atoms with Crippen LogP contribution >= 0.6 is 0 Å². The summed E-state index contributed by atoms with van der Waals surface area (Å²) >= 11 is 0. The van der Waals surface area contributed by atoms with Gasteiger partial charge in [-0.25, -0.2) is 0 Å². The maximum atomic E-state index is 4.25. The van der Waals surface area contributed by atoms with Crippen LogP contribution in [0.2, 0.25) is 0 Å². The molecule has 0 aliphatic rings. The van der Waals surface area contributed by atoms with Gasteiger partial charge in [-0.3, -0.25) is 7.05 Å². The van der Waals surface area contributed by atoms with Crippen LogP contribution in [-0.2, 0) is 0 Å². The Balaban J connectivity index is -0.00000000500. The Morgan fingerprint density at radius 1 is 1.25 bits per heavy atom. The molecule has 24 valence electrons. The van der Waals surface area contributed by atoms with E-state index in [1.54, 1.807) is 0 Å². The number of hydrogen-bond acceptors (Lipinski definition) is 1. The van der Waals surface area contributed by atoms with Crippen molar-refractivity contribution < 1.29 is 31.1 Å². The molecule has 0 heterocycles. The smallest absolute Gasteiger partial charge is 0.486 e. The Bertz CT molecular complexity index is 6.00. The predicted octanol–water partition coefficient (Wildman–Crippen LogP) is 0.187. The molecule has 0 rings (SSSR count). The summed E-state index contributed by atoms with van der Waals surface area (Å²) in [4.78, 5) is 0. The summed E-state index contributed by atoms with van der Waals surface area (Å²) in [5.74, 6) is 0. The first-order valence-corrected chi connectivity index (χ1v) is 0.408. The normalized spacial score (nSPS) is 1.50. The van der Waals surface area contributed by atoms with E-state index >= 15 is 0 Å². The average molecular weight is 283 g/mol. The van der Waals surface area contributed by atoms with Crippen LogP contribution in [0.5, 0.6) is 0 Å². The first-order chi connectivity index (χ1) is 1.00. The van der Waals surface area contributed by atoms with Crippen molar-refractivity contribution in [1.82, 2.24) is 0 Å². The molecule has 0 atom stereocenters. The Labute approximate surface area is 51.3 Å². The van der Waals surface area contributed by atoms with Crippen molar-refractivity contribution in [1.29, 1.82) is 0 Å². The summed E-state index contributed by atoms with van der Waals surface area (Å²) in [5, 5.41) is 0. The Kier molecular flexibility index (Phi) is 177. The predicted molar refractivity (Wildman–Crippen MR) is 16.0 cm³/mol. The van der Waals surface area contributed by atoms with E-state index in [4.69, 9.17) is 0 Å². The van der Waals surface area contributed by atoms with E-state index in [2.05, 4.69) is 12.8 Å². The number of rotatable bonds is 0. The van der Waals surface area contributed by atoms with Crippen molar-refractivity contribution in [2.24, 2.45) is 5.73 Å². The monoisotopic (exact) mass is 283 g/mol. The maximum Gasteiger partial charge on any atom is 2.00 e. The molecule has 0 saturated carbocycles. The summed E-state index contributed by atoms with van der Waals surface area (Å²) in [7, 11) is 2.75. The maximum absolute atomic E-state index is 4.25. The third-order valence-electron chi connectivity index (χ3n) is 0. The van der Waals surface area contributed by atoms with Gasteiger partial charge in [-0.1, -0.05) is 0 Å². The van der Waals surface area contributed by atoms with E-state index in [9.17, 15) is 0 Å². The molecule has 0 spiro atoms. The summed E-state index contributed by atoms with van der Waals surface area (Å²) < 4.78 is 0. The second kappa shape index (κ2) is 35.5. The van der Waals surface area contributed by atoms with Crippen LogP contribution in [0, 0.1) is 45.6 Å². The van der Waals surface area contributed by atoms with Crippen molar-refractivity contribution in [3.05, 3.63) is 14.5 Å². The first-order valence-electron chi connectivity index (χ1n) is 0.408. The molecule has 4 heavy (non-hydrogen) atoms. The fourth-order valence-electron chi connectivity index (χ4n) is 0. The topological polar surface area (TPSA) is 26.0 Å². The van der Waals surface area contributed by atoms with Gasteiger partial charge in [0.1, 0.15) is 0 Å². The molecule has 0 saturated heterocycles. The van der Waals surface area contributed by atoms with Crippen LogP contribution in [0.1, 0.15) is 0 Å². The molecular formula is C2H7NU. The van der Waals surface area contributed by atoms with Crippen LogP contribution in [0.4, 0.5) is 0 Å². The largest absolute Gasteiger partial charge is 2.00 e. The van der Waals surface area contributed by atoms with Crippen LogP contribution in [-0.4, -0.2) is 0 Å². The Morgan fingerprint density at radius 2 is 1.25 bits per heavy atom. The molecule has 0 amide bonds. The number of hydrogen-bond donors (Lipinski definition) is 1.